The van der Waals surface area contributed by atoms with E-state index in [4.69, 9.17) is 10.00 Å². The second kappa shape index (κ2) is 11.3. The third kappa shape index (κ3) is 6.44. The van der Waals surface area contributed by atoms with Gasteiger partial charge in [-0.15, -0.1) is 24.0 Å². The highest BCUT2D eigenvalue weighted by molar-refractivity contribution is 14.0. The summed E-state index contributed by atoms with van der Waals surface area (Å²) in [4.78, 5) is 6.75. The molecule has 25 heavy (non-hydrogen) atoms. The zero-order valence-electron chi connectivity index (χ0n) is 14.8. The number of nitrogens with zero attached hydrogens (tertiary/aromatic N) is 3. The number of hydrogen-bond donors (Lipinski definition) is 1. The van der Waals surface area contributed by atoms with E-state index >= 15 is 0 Å². The highest BCUT2D eigenvalue weighted by Gasteiger charge is 2.24. The topological polar surface area (TPSA) is 60.7 Å². The Labute approximate surface area is 166 Å². The van der Waals surface area contributed by atoms with E-state index < -0.39 is 0 Å². The molecule has 1 fully saturated rings. The Balaban J connectivity index is 0.00000312. The van der Waals surface area contributed by atoms with Crippen LogP contribution in [-0.2, 0) is 11.3 Å². The van der Waals surface area contributed by atoms with Gasteiger partial charge in [-0.25, -0.2) is 9.38 Å². The molecule has 0 spiro atoms. The third-order valence-electron chi connectivity index (χ3n) is 4.05. The number of guanidine groups is 1. The molecule has 2 rings (SSSR count). The molecule has 1 atom stereocenters. The minimum atomic E-state index is -0.329. The maximum Gasteiger partial charge on any atom is 0.194 e. The average molecular weight is 460 g/mol. The van der Waals surface area contributed by atoms with Crippen LogP contribution in [0.1, 0.15) is 31.4 Å². The van der Waals surface area contributed by atoms with Crippen LogP contribution in [0.5, 0.6) is 0 Å². The quantitative estimate of drug-likeness (QED) is 0.403. The van der Waals surface area contributed by atoms with E-state index in [2.05, 4.69) is 15.2 Å². The van der Waals surface area contributed by atoms with Gasteiger partial charge in [-0.1, -0.05) is 0 Å². The molecule has 1 aliphatic rings. The number of nitriles is 1. The van der Waals surface area contributed by atoms with Gasteiger partial charge in [0.05, 0.1) is 24.8 Å². The SMILES string of the molecule is CCNC(=NCc1cc(C#N)ccc1F)N1CCC(COCC)C1.I. The summed E-state index contributed by atoms with van der Waals surface area (Å²) in [7, 11) is 0. The molecule has 0 aliphatic carbocycles. The number of benzene rings is 1. The molecule has 1 aromatic carbocycles. The van der Waals surface area contributed by atoms with Crippen molar-refractivity contribution in [1.29, 1.82) is 5.26 Å². The van der Waals surface area contributed by atoms with Crippen LogP contribution in [0.4, 0.5) is 4.39 Å². The summed E-state index contributed by atoms with van der Waals surface area (Å²) in [6.45, 7) is 8.31. The lowest BCUT2D eigenvalue weighted by Crippen LogP contribution is -2.40. The van der Waals surface area contributed by atoms with Gasteiger partial charge in [0.2, 0.25) is 0 Å². The highest BCUT2D eigenvalue weighted by atomic mass is 127. The predicted octanol–water partition coefficient (Wildman–Crippen LogP) is 3.14. The van der Waals surface area contributed by atoms with Gasteiger partial charge in [-0.2, -0.15) is 5.26 Å². The van der Waals surface area contributed by atoms with Gasteiger partial charge in [0.15, 0.2) is 5.96 Å². The lowest BCUT2D eigenvalue weighted by atomic mass is 10.1. The number of aliphatic imine (C=N–C) groups is 1. The number of nitrogens with one attached hydrogen (secondary N) is 1. The van der Waals surface area contributed by atoms with E-state index in [9.17, 15) is 4.39 Å². The summed E-state index contributed by atoms with van der Waals surface area (Å²) in [6.07, 6.45) is 1.07. The molecular weight excluding hydrogens is 434 g/mol. The maximum absolute atomic E-state index is 13.9. The van der Waals surface area contributed by atoms with Gasteiger partial charge < -0.3 is 15.0 Å². The van der Waals surface area contributed by atoms with Crippen LogP contribution >= 0.6 is 24.0 Å². The molecule has 138 valence electrons. The molecular formula is C18H26FIN4O. The molecule has 1 heterocycles. The van der Waals surface area contributed by atoms with E-state index in [1.165, 1.54) is 12.1 Å². The van der Waals surface area contributed by atoms with Gasteiger partial charge in [-0.05, 0) is 38.5 Å². The summed E-state index contributed by atoms with van der Waals surface area (Å²) < 4.78 is 19.4. The number of hydrogen-bond acceptors (Lipinski definition) is 3. The van der Waals surface area contributed by atoms with Crippen molar-refractivity contribution < 1.29 is 9.13 Å². The van der Waals surface area contributed by atoms with Crippen molar-refractivity contribution in [3.05, 3.63) is 35.1 Å². The molecule has 0 amide bonds. The first kappa shape index (κ1) is 21.6. The summed E-state index contributed by atoms with van der Waals surface area (Å²) in [5.41, 5.74) is 0.888. The van der Waals surface area contributed by atoms with Crippen molar-refractivity contribution in [3.63, 3.8) is 0 Å². The van der Waals surface area contributed by atoms with Crippen LogP contribution in [0.3, 0.4) is 0 Å². The van der Waals surface area contributed by atoms with E-state index in [0.717, 1.165) is 45.2 Å². The van der Waals surface area contributed by atoms with Gasteiger partial charge in [-0.3, -0.25) is 0 Å². The normalized spacial score (nSPS) is 17.1. The van der Waals surface area contributed by atoms with Crippen molar-refractivity contribution >= 4 is 29.9 Å². The molecule has 0 aromatic heterocycles. The molecule has 1 aliphatic heterocycles. The van der Waals surface area contributed by atoms with Gasteiger partial charge in [0, 0.05) is 37.7 Å². The number of likely N-dealkylation sites (tertiary alicyclic amines) is 1. The Morgan fingerprint density at radius 2 is 2.28 bits per heavy atom. The summed E-state index contributed by atoms with van der Waals surface area (Å²) in [6, 6.07) is 6.39. The molecule has 0 saturated carbocycles. The first-order valence-corrected chi connectivity index (χ1v) is 8.47. The van der Waals surface area contributed by atoms with Crippen LogP contribution < -0.4 is 5.32 Å². The van der Waals surface area contributed by atoms with Crippen LogP contribution in [0.15, 0.2) is 23.2 Å². The maximum atomic E-state index is 13.9. The van der Waals surface area contributed by atoms with Crippen molar-refractivity contribution in [2.24, 2.45) is 10.9 Å². The largest absolute Gasteiger partial charge is 0.381 e. The zero-order chi connectivity index (χ0) is 17.4. The molecule has 5 nitrogen and oxygen atoms in total. The predicted molar refractivity (Wildman–Crippen MR) is 108 cm³/mol. The minimum absolute atomic E-state index is 0. The molecule has 1 unspecified atom stereocenters. The fraction of sp³-hybridized carbons (Fsp3) is 0.556. The van der Waals surface area contributed by atoms with Crippen LogP contribution in [-0.4, -0.2) is 43.7 Å². The monoisotopic (exact) mass is 460 g/mol. The van der Waals surface area contributed by atoms with Gasteiger partial charge >= 0.3 is 0 Å². The fourth-order valence-corrected chi connectivity index (χ4v) is 2.80. The first-order chi connectivity index (χ1) is 11.7. The highest BCUT2D eigenvalue weighted by Crippen LogP contribution is 2.17. The van der Waals surface area contributed by atoms with Crippen molar-refractivity contribution in [2.45, 2.75) is 26.8 Å². The smallest absolute Gasteiger partial charge is 0.194 e. The molecule has 0 bridgehead atoms. The Morgan fingerprint density at radius 3 is 2.96 bits per heavy atom. The van der Waals surface area contributed by atoms with Gasteiger partial charge in [0.1, 0.15) is 5.82 Å². The molecule has 1 saturated heterocycles. The molecule has 1 N–H and O–H groups in total. The summed E-state index contributed by atoms with van der Waals surface area (Å²) in [5, 5.41) is 12.2. The lowest BCUT2D eigenvalue weighted by Gasteiger charge is -2.21. The number of halogens is 2. The Hall–Kier alpha value is -1.40. The minimum Gasteiger partial charge on any atom is -0.381 e. The summed E-state index contributed by atoms with van der Waals surface area (Å²) >= 11 is 0. The van der Waals surface area contributed by atoms with Crippen LogP contribution in [0, 0.1) is 23.1 Å². The second-order valence-electron chi connectivity index (χ2n) is 5.85. The van der Waals surface area contributed by atoms with E-state index in [-0.39, 0.29) is 36.3 Å². The zero-order valence-corrected chi connectivity index (χ0v) is 17.1. The van der Waals surface area contributed by atoms with Gasteiger partial charge in [0.25, 0.3) is 0 Å². The second-order valence-corrected chi connectivity index (χ2v) is 5.85. The van der Waals surface area contributed by atoms with E-state index in [0.29, 0.717) is 17.0 Å². The first-order valence-electron chi connectivity index (χ1n) is 8.47. The Morgan fingerprint density at radius 1 is 1.48 bits per heavy atom. The Kier molecular flexibility index (Phi) is 9.75. The average Bonchev–Trinajstić information content (AvgIpc) is 3.06. The standard InChI is InChI=1S/C18H25FN4O.HI/c1-3-21-18(23-8-7-15(12-23)13-24-4-2)22-11-16-9-14(10-20)5-6-17(16)19;/h5-6,9,15H,3-4,7-8,11-13H2,1-2H3,(H,21,22);1H. The van der Waals surface area contributed by atoms with Crippen LogP contribution in [0.2, 0.25) is 0 Å². The number of rotatable bonds is 6. The van der Waals surface area contributed by atoms with Crippen molar-refractivity contribution in [3.8, 4) is 6.07 Å². The Bertz CT molecular complexity index is 618. The molecule has 1 aromatic rings. The molecule has 0 radical (unpaired) electrons. The third-order valence-corrected chi connectivity index (χ3v) is 4.05. The fourth-order valence-electron chi connectivity index (χ4n) is 2.80. The van der Waals surface area contributed by atoms with E-state index in [1.54, 1.807) is 6.07 Å². The van der Waals surface area contributed by atoms with Crippen molar-refractivity contribution in [2.75, 3.05) is 32.8 Å². The van der Waals surface area contributed by atoms with Crippen LogP contribution in [0.25, 0.3) is 0 Å². The molecule has 7 heteroatoms. The summed E-state index contributed by atoms with van der Waals surface area (Å²) in [5.74, 6) is 0.968. The lowest BCUT2D eigenvalue weighted by molar-refractivity contribution is 0.114. The van der Waals surface area contributed by atoms with Crippen molar-refractivity contribution in [1.82, 2.24) is 10.2 Å². The number of ether oxygens (including phenoxy) is 1. The van der Waals surface area contributed by atoms with E-state index in [1.807, 2.05) is 19.9 Å².